The summed E-state index contributed by atoms with van der Waals surface area (Å²) in [4.78, 5) is 0. The van der Waals surface area contributed by atoms with Gasteiger partial charge in [0.05, 0.1) is 0 Å². The SMILES string of the molecule is CC/C=C/c1ccc(F)c(F)c1. The first-order valence-electron chi connectivity index (χ1n) is 3.85. The molecule has 0 saturated heterocycles. The minimum atomic E-state index is -0.802. The summed E-state index contributed by atoms with van der Waals surface area (Å²) in [5.74, 6) is -1.60. The zero-order chi connectivity index (χ0) is 8.97. The maximum atomic E-state index is 12.6. The fourth-order valence-electron chi connectivity index (χ4n) is 0.870. The average Bonchev–Trinajstić information content (AvgIpc) is 2.07. The van der Waals surface area contributed by atoms with Crippen LogP contribution in [0, 0.1) is 11.6 Å². The Morgan fingerprint density at radius 1 is 1.25 bits per heavy atom. The average molecular weight is 168 g/mol. The van der Waals surface area contributed by atoms with Gasteiger partial charge in [-0.3, -0.25) is 0 Å². The van der Waals surface area contributed by atoms with E-state index in [1.807, 2.05) is 13.0 Å². The van der Waals surface area contributed by atoms with E-state index in [1.165, 1.54) is 6.07 Å². The van der Waals surface area contributed by atoms with Gasteiger partial charge < -0.3 is 0 Å². The lowest BCUT2D eigenvalue weighted by molar-refractivity contribution is 0.508. The van der Waals surface area contributed by atoms with E-state index in [4.69, 9.17) is 0 Å². The summed E-state index contributed by atoms with van der Waals surface area (Å²) in [6, 6.07) is 3.86. The normalized spacial score (nSPS) is 10.9. The second-order valence-corrected chi connectivity index (χ2v) is 2.48. The van der Waals surface area contributed by atoms with Crippen molar-refractivity contribution in [3.63, 3.8) is 0 Å². The molecule has 0 aliphatic rings. The Kier molecular flexibility index (Phi) is 2.97. The fraction of sp³-hybridized carbons (Fsp3) is 0.200. The molecule has 1 aromatic rings. The van der Waals surface area contributed by atoms with E-state index in [1.54, 1.807) is 12.1 Å². The van der Waals surface area contributed by atoms with Gasteiger partial charge in [0.1, 0.15) is 0 Å². The molecule has 1 aromatic carbocycles. The highest BCUT2D eigenvalue weighted by molar-refractivity contribution is 5.48. The van der Waals surface area contributed by atoms with Crippen LogP contribution in [0.5, 0.6) is 0 Å². The topological polar surface area (TPSA) is 0 Å². The number of rotatable bonds is 2. The van der Waals surface area contributed by atoms with Gasteiger partial charge in [-0.15, -0.1) is 0 Å². The molecule has 0 spiro atoms. The maximum absolute atomic E-state index is 12.6. The van der Waals surface area contributed by atoms with Crippen LogP contribution in [0.4, 0.5) is 8.78 Å². The lowest BCUT2D eigenvalue weighted by atomic mass is 10.2. The molecule has 0 fully saturated rings. The van der Waals surface area contributed by atoms with Gasteiger partial charge >= 0.3 is 0 Å². The number of hydrogen-bond donors (Lipinski definition) is 0. The van der Waals surface area contributed by atoms with Gasteiger partial charge in [0.15, 0.2) is 11.6 Å². The maximum Gasteiger partial charge on any atom is 0.159 e. The Morgan fingerprint density at radius 3 is 2.58 bits per heavy atom. The van der Waals surface area contributed by atoms with Crippen molar-refractivity contribution in [3.05, 3.63) is 41.5 Å². The van der Waals surface area contributed by atoms with Crippen molar-refractivity contribution in [2.75, 3.05) is 0 Å². The van der Waals surface area contributed by atoms with Gasteiger partial charge in [-0.2, -0.15) is 0 Å². The highest BCUT2D eigenvalue weighted by Crippen LogP contribution is 2.09. The van der Waals surface area contributed by atoms with E-state index < -0.39 is 11.6 Å². The van der Waals surface area contributed by atoms with Gasteiger partial charge in [0, 0.05) is 0 Å². The van der Waals surface area contributed by atoms with Crippen LogP contribution in [0.25, 0.3) is 6.08 Å². The minimum absolute atomic E-state index is 0.691. The van der Waals surface area contributed by atoms with Crippen molar-refractivity contribution in [1.82, 2.24) is 0 Å². The van der Waals surface area contributed by atoms with Crippen LogP contribution >= 0.6 is 0 Å². The Hall–Kier alpha value is -1.18. The highest BCUT2D eigenvalue weighted by Gasteiger charge is 1.99. The predicted octanol–water partition coefficient (Wildman–Crippen LogP) is 3.39. The van der Waals surface area contributed by atoms with Crippen LogP contribution in [0.3, 0.4) is 0 Å². The van der Waals surface area contributed by atoms with Gasteiger partial charge in [-0.05, 0) is 24.1 Å². The molecule has 0 amide bonds. The molecule has 0 aliphatic carbocycles. The predicted molar refractivity (Wildman–Crippen MR) is 45.7 cm³/mol. The first-order valence-corrected chi connectivity index (χ1v) is 3.85. The van der Waals surface area contributed by atoms with Crippen molar-refractivity contribution < 1.29 is 8.78 Å². The molecule has 0 radical (unpaired) electrons. The molecule has 0 aliphatic heterocycles. The lowest BCUT2D eigenvalue weighted by Gasteiger charge is -1.94. The van der Waals surface area contributed by atoms with Crippen molar-refractivity contribution in [3.8, 4) is 0 Å². The largest absolute Gasteiger partial charge is 0.204 e. The molecule has 0 N–H and O–H groups in total. The summed E-state index contributed by atoms with van der Waals surface area (Å²) >= 11 is 0. The first kappa shape index (κ1) is 8.91. The van der Waals surface area contributed by atoms with E-state index in [2.05, 4.69) is 0 Å². The Bertz CT molecular complexity index is 290. The minimum Gasteiger partial charge on any atom is -0.204 e. The van der Waals surface area contributed by atoms with Gasteiger partial charge in [0.25, 0.3) is 0 Å². The summed E-state index contributed by atoms with van der Waals surface area (Å²) in [7, 11) is 0. The van der Waals surface area contributed by atoms with Crippen LogP contribution in [-0.2, 0) is 0 Å². The van der Waals surface area contributed by atoms with Crippen molar-refractivity contribution in [2.24, 2.45) is 0 Å². The Morgan fingerprint density at radius 2 is 2.00 bits per heavy atom. The molecule has 0 bridgehead atoms. The molecular formula is C10H10F2. The van der Waals surface area contributed by atoms with Crippen LogP contribution in [0.1, 0.15) is 18.9 Å². The van der Waals surface area contributed by atoms with Crippen LogP contribution in [0.15, 0.2) is 24.3 Å². The van der Waals surface area contributed by atoms with Gasteiger partial charge in [0.2, 0.25) is 0 Å². The van der Waals surface area contributed by atoms with E-state index in [-0.39, 0.29) is 0 Å². The molecule has 0 aromatic heterocycles. The summed E-state index contributed by atoms with van der Waals surface area (Å²) in [6.45, 7) is 1.98. The zero-order valence-corrected chi connectivity index (χ0v) is 6.85. The molecule has 0 saturated carbocycles. The van der Waals surface area contributed by atoms with Crippen molar-refractivity contribution >= 4 is 6.08 Å². The highest BCUT2D eigenvalue weighted by atomic mass is 19.2. The third kappa shape index (κ3) is 2.16. The van der Waals surface area contributed by atoms with E-state index >= 15 is 0 Å². The monoisotopic (exact) mass is 168 g/mol. The number of halogens is 2. The first-order chi connectivity index (χ1) is 5.74. The van der Waals surface area contributed by atoms with Crippen molar-refractivity contribution in [2.45, 2.75) is 13.3 Å². The standard InChI is InChI=1S/C10H10F2/c1-2-3-4-8-5-6-9(11)10(12)7-8/h3-7H,2H2,1H3/b4-3+. The Labute approximate surface area is 70.5 Å². The third-order valence-electron chi connectivity index (χ3n) is 1.49. The van der Waals surface area contributed by atoms with Crippen LogP contribution < -0.4 is 0 Å². The summed E-state index contributed by atoms with van der Waals surface area (Å²) in [5, 5.41) is 0. The molecule has 64 valence electrons. The second-order valence-electron chi connectivity index (χ2n) is 2.48. The van der Waals surface area contributed by atoms with Crippen LogP contribution in [-0.4, -0.2) is 0 Å². The quantitative estimate of drug-likeness (QED) is 0.635. The van der Waals surface area contributed by atoms with Gasteiger partial charge in [-0.25, -0.2) is 8.78 Å². The molecule has 0 nitrogen and oxygen atoms in total. The molecule has 0 atom stereocenters. The zero-order valence-electron chi connectivity index (χ0n) is 6.85. The van der Waals surface area contributed by atoms with E-state index in [9.17, 15) is 8.78 Å². The Balaban J connectivity index is 2.89. The number of allylic oxidation sites excluding steroid dienone is 1. The smallest absolute Gasteiger partial charge is 0.159 e. The summed E-state index contributed by atoms with van der Waals surface area (Å²) < 4.78 is 25.0. The van der Waals surface area contributed by atoms with E-state index in [0.717, 1.165) is 12.5 Å². The van der Waals surface area contributed by atoms with Gasteiger partial charge in [-0.1, -0.05) is 25.1 Å². The molecular weight excluding hydrogens is 158 g/mol. The summed E-state index contributed by atoms with van der Waals surface area (Å²) in [5.41, 5.74) is 0.691. The number of hydrogen-bond acceptors (Lipinski definition) is 0. The molecule has 12 heavy (non-hydrogen) atoms. The third-order valence-corrected chi connectivity index (χ3v) is 1.49. The summed E-state index contributed by atoms with van der Waals surface area (Å²) in [6.07, 6.45) is 4.55. The fourth-order valence-corrected chi connectivity index (χ4v) is 0.870. The van der Waals surface area contributed by atoms with E-state index in [0.29, 0.717) is 5.56 Å². The van der Waals surface area contributed by atoms with Crippen molar-refractivity contribution in [1.29, 1.82) is 0 Å². The van der Waals surface area contributed by atoms with Crippen LogP contribution in [0.2, 0.25) is 0 Å². The number of benzene rings is 1. The molecule has 1 rings (SSSR count). The lowest BCUT2D eigenvalue weighted by Crippen LogP contribution is -1.83. The molecule has 2 heteroatoms. The molecule has 0 heterocycles. The molecule has 0 unspecified atom stereocenters. The second kappa shape index (κ2) is 4.00.